The van der Waals surface area contributed by atoms with Crippen molar-refractivity contribution in [1.29, 1.82) is 0 Å². The van der Waals surface area contributed by atoms with Crippen molar-refractivity contribution >= 4 is 23.2 Å². The quantitative estimate of drug-likeness (QED) is 0.807. The third kappa shape index (κ3) is 2.24. The summed E-state index contributed by atoms with van der Waals surface area (Å²) in [5, 5.41) is 0. The lowest BCUT2D eigenvalue weighted by molar-refractivity contribution is -0.117. The number of para-hydroxylation sites is 2. The molecule has 98 valence electrons. The summed E-state index contributed by atoms with van der Waals surface area (Å²) in [7, 11) is 0. The van der Waals surface area contributed by atoms with Crippen LogP contribution in [0, 0.1) is 5.92 Å². The number of carbonyl (C=O) groups is 1. The van der Waals surface area contributed by atoms with Gasteiger partial charge in [-0.05, 0) is 18.1 Å². The molecule has 4 nitrogen and oxygen atoms in total. The number of halogens is 1. The highest BCUT2D eigenvalue weighted by atomic mass is 35.5. The highest BCUT2D eigenvalue weighted by Gasteiger charge is 2.31. The number of amides is 1. The minimum atomic E-state index is 0.137. The van der Waals surface area contributed by atoms with Gasteiger partial charge in [-0.3, -0.25) is 4.79 Å². The van der Waals surface area contributed by atoms with Gasteiger partial charge < -0.3 is 9.47 Å². The third-order valence-corrected chi connectivity index (χ3v) is 3.81. The molecule has 5 heteroatoms. The first-order valence-electron chi connectivity index (χ1n) is 6.23. The summed E-state index contributed by atoms with van der Waals surface area (Å²) in [4.78, 5) is 18.0. The summed E-state index contributed by atoms with van der Waals surface area (Å²) < 4.78 is 1.91. The van der Waals surface area contributed by atoms with E-state index in [1.54, 1.807) is 12.5 Å². The van der Waals surface area contributed by atoms with E-state index in [1.807, 2.05) is 39.9 Å². The average molecular weight is 276 g/mol. The van der Waals surface area contributed by atoms with Gasteiger partial charge in [0.25, 0.3) is 0 Å². The maximum Gasteiger partial charge on any atom is 0.227 e. The van der Waals surface area contributed by atoms with Gasteiger partial charge in [-0.2, -0.15) is 0 Å². The van der Waals surface area contributed by atoms with Gasteiger partial charge in [-0.15, -0.1) is 11.6 Å². The lowest BCUT2D eigenvalue weighted by atomic mass is 10.1. The molecule has 1 aromatic heterocycles. The Morgan fingerprint density at radius 3 is 2.74 bits per heavy atom. The minimum absolute atomic E-state index is 0.137. The summed E-state index contributed by atoms with van der Waals surface area (Å²) >= 11 is 5.87. The number of hydrogen-bond acceptors (Lipinski definition) is 2. The fourth-order valence-electron chi connectivity index (χ4n) is 2.43. The second-order valence-electron chi connectivity index (χ2n) is 4.69. The van der Waals surface area contributed by atoms with Crippen LogP contribution in [0.3, 0.4) is 0 Å². The summed E-state index contributed by atoms with van der Waals surface area (Å²) in [6.07, 6.45) is 5.86. The van der Waals surface area contributed by atoms with Crippen LogP contribution in [0.5, 0.6) is 0 Å². The van der Waals surface area contributed by atoms with E-state index in [1.165, 1.54) is 0 Å². The Balaban J connectivity index is 2.00. The van der Waals surface area contributed by atoms with Crippen molar-refractivity contribution in [3.05, 3.63) is 43.0 Å². The Labute approximate surface area is 116 Å². The summed E-state index contributed by atoms with van der Waals surface area (Å²) in [6, 6.07) is 7.84. The van der Waals surface area contributed by atoms with Gasteiger partial charge >= 0.3 is 0 Å². The lowest BCUT2D eigenvalue weighted by Gasteiger charge is -2.20. The number of carbonyl (C=O) groups excluding carboxylic acids is 1. The molecule has 0 spiro atoms. The Morgan fingerprint density at radius 2 is 2.11 bits per heavy atom. The number of nitrogens with zero attached hydrogens (tertiary/aromatic N) is 3. The van der Waals surface area contributed by atoms with Crippen molar-refractivity contribution in [2.45, 2.75) is 6.42 Å². The van der Waals surface area contributed by atoms with Crippen molar-refractivity contribution < 1.29 is 4.79 Å². The van der Waals surface area contributed by atoms with Crippen molar-refractivity contribution in [1.82, 2.24) is 9.55 Å². The lowest BCUT2D eigenvalue weighted by Crippen LogP contribution is -2.25. The van der Waals surface area contributed by atoms with E-state index in [0.717, 1.165) is 11.4 Å². The van der Waals surface area contributed by atoms with Crippen molar-refractivity contribution in [3.8, 4) is 5.69 Å². The molecule has 0 bridgehead atoms. The van der Waals surface area contributed by atoms with Crippen LogP contribution < -0.4 is 4.90 Å². The fraction of sp³-hybridized carbons (Fsp3) is 0.286. The van der Waals surface area contributed by atoms with Gasteiger partial charge in [0.2, 0.25) is 5.91 Å². The molecule has 1 amide bonds. The van der Waals surface area contributed by atoms with E-state index in [2.05, 4.69) is 4.98 Å². The van der Waals surface area contributed by atoms with Crippen LogP contribution in [0.25, 0.3) is 5.69 Å². The molecular formula is C14H14ClN3O. The molecule has 0 N–H and O–H groups in total. The van der Waals surface area contributed by atoms with Gasteiger partial charge in [0.05, 0.1) is 17.7 Å². The van der Waals surface area contributed by atoms with Gasteiger partial charge in [0.1, 0.15) is 0 Å². The molecule has 1 unspecified atom stereocenters. The van der Waals surface area contributed by atoms with Crippen LogP contribution in [-0.2, 0) is 4.79 Å². The normalized spacial score (nSPS) is 19.1. The topological polar surface area (TPSA) is 38.1 Å². The van der Waals surface area contributed by atoms with Crippen LogP contribution in [0.4, 0.5) is 5.69 Å². The molecule has 0 aliphatic carbocycles. The Kier molecular flexibility index (Phi) is 3.25. The van der Waals surface area contributed by atoms with Crippen molar-refractivity contribution in [2.75, 3.05) is 17.3 Å². The Hall–Kier alpha value is -1.81. The number of anilines is 1. The molecule has 3 rings (SSSR count). The molecule has 1 fully saturated rings. The third-order valence-electron chi connectivity index (χ3n) is 3.38. The first kappa shape index (κ1) is 12.2. The summed E-state index contributed by atoms with van der Waals surface area (Å²) in [5.41, 5.74) is 1.88. The molecule has 1 atom stereocenters. The van der Waals surface area contributed by atoms with Crippen LogP contribution in [0.2, 0.25) is 0 Å². The molecule has 2 aromatic rings. The zero-order valence-electron chi connectivity index (χ0n) is 10.4. The smallest absolute Gasteiger partial charge is 0.227 e. The highest BCUT2D eigenvalue weighted by molar-refractivity contribution is 6.18. The zero-order chi connectivity index (χ0) is 13.2. The number of rotatable bonds is 3. The van der Waals surface area contributed by atoms with Crippen LogP contribution in [0.1, 0.15) is 6.42 Å². The van der Waals surface area contributed by atoms with Crippen LogP contribution in [-0.4, -0.2) is 27.9 Å². The van der Waals surface area contributed by atoms with Gasteiger partial charge in [-0.25, -0.2) is 4.98 Å². The van der Waals surface area contributed by atoms with Gasteiger partial charge in [0.15, 0.2) is 0 Å². The number of hydrogen-bond donors (Lipinski definition) is 0. The Morgan fingerprint density at radius 1 is 1.32 bits per heavy atom. The number of alkyl halides is 1. The standard InChI is InChI=1S/C14H14ClN3O/c15-8-11-7-14(19)18(9-11)13-4-2-1-3-12(13)17-6-5-16-10-17/h1-6,10-11H,7-9H2. The number of benzene rings is 1. The maximum atomic E-state index is 12.1. The second kappa shape index (κ2) is 5.05. The molecule has 0 radical (unpaired) electrons. The van der Waals surface area contributed by atoms with E-state index in [0.29, 0.717) is 18.8 Å². The molecule has 1 aliphatic heterocycles. The van der Waals surface area contributed by atoms with Gasteiger partial charge in [-0.1, -0.05) is 12.1 Å². The average Bonchev–Trinajstić information content (AvgIpc) is 3.08. The van der Waals surface area contributed by atoms with Crippen LogP contribution >= 0.6 is 11.6 Å². The molecule has 1 saturated heterocycles. The molecule has 1 aromatic carbocycles. The number of imidazole rings is 1. The molecule has 2 heterocycles. The fourth-order valence-corrected chi connectivity index (χ4v) is 2.64. The zero-order valence-corrected chi connectivity index (χ0v) is 11.1. The molecule has 0 saturated carbocycles. The van der Waals surface area contributed by atoms with E-state index < -0.39 is 0 Å². The summed E-state index contributed by atoms with van der Waals surface area (Å²) in [5.74, 6) is 0.901. The van der Waals surface area contributed by atoms with E-state index in [9.17, 15) is 4.79 Å². The van der Waals surface area contributed by atoms with Crippen molar-refractivity contribution in [3.63, 3.8) is 0 Å². The summed E-state index contributed by atoms with van der Waals surface area (Å²) in [6.45, 7) is 0.689. The first-order chi connectivity index (χ1) is 9.29. The molecule has 19 heavy (non-hydrogen) atoms. The predicted molar refractivity (Wildman–Crippen MR) is 74.7 cm³/mol. The van der Waals surface area contributed by atoms with Crippen molar-refractivity contribution in [2.24, 2.45) is 5.92 Å². The van der Waals surface area contributed by atoms with E-state index in [4.69, 9.17) is 11.6 Å². The largest absolute Gasteiger partial charge is 0.310 e. The maximum absolute atomic E-state index is 12.1. The second-order valence-corrected chi connectivity index (χ2v) is 5.00. The Bertz CT molecular complexity index is 582. The SMILES string of the molecule is O=C1CC(CCl)CN1c1ccccc1-n1ccnc1. The minimum Gasteiger partial charge on any atom is -0.310 e. The molecular weight excluding hydrogens is 262 g/mol. The van der Waals surface area contributed by atoms with Gasteiger partial charge in [0, 0.05) is 31.2 Å². The monoisotopic (exact) mass is 275 g/mol. The van der Waals surface area contributed by atoms with E-state index in [-0.39, 0.29) is 11.8 Å². The predicted octanol–water partition coefficient (Wildman–Crippen LogP) is 2.46. The highest BCUT2D eigenvalue weighted by Crippen LogP contribution is 2.30. The first-order valence-corrected chi connectivity index (χ1v) is 6.76. The number of aromatic nitrogens is 2. The van der Waals surface area contributed by atoms with E-state index >= 15 is 0 Å². The molecule has 1 aliphatic rings. The van der Waals surface area contributed by atoms with Crippen LogP contribution in [0.15, 0.2) is 43.0 Å².